The van der Waals surface area contributed by atoms with Gasteiger partial charge in [0.1, 0.15) is 7.85 Å². The van der Waals surface area contributed by atoms with Crippen molar-refractivity contribution >= 4 is 7.85 Å². The molecule has 0 saturated heterocycles. The van der Waals surface area contributed by atoms with E-state index in [0.29, 0.717) is 0 Å². The maximum atomic E-state index is 3.39. The molecule has 1 fully saturated rings. The second kappa shape index (κ2) is 4.02. The van der Waals surface area contributed by atoms with E-state index in [9.17, 15) is 0 Å². The average molecular weight is 139 g/mol. The Morgan fingerprint density at radius 2 is 1.90 bits per heavy atom. The van der Waals surface area contributed by atoms with E-state index in [-0.39, 0.29) is 0 Å². The van der Waals surface area contributed by atoms with Crippen LogP contribution >= 0.6 is 0 Å². The van der Waals surface area contributed by atoms with Gasteiger partial charge in [0.05, 0.1) is 0 Å². The molecule has 1 aliphatic rings. The summed E-state index contributed by atoms with van der Waals surface area (Å²) >= 11 is 0. The Hall–Kier alpha value is 0.0249. The molecule has 1 N–H and O–H groups in total. The van der Waals surface area contributed by atoms with Crippen LogP contribution in [0, 0.1) is 0 Å². The van der Waals surface area contributed by atoms with Gasteiger partial charge < -0.3 is 5.32 Å². The van der Waals surface area contributed by atoms with Crippen LogP contribution in [0.15, 0.2) is 0 Å². The molecule has 58 valence electrons. The molecule has 1 rings (SSSR count). The normalized spacial score (nSPS) is 35.3. The highest BCUT2D eigenvalue weighted by Crippen LogP contribution is 2.24. The standard InChI is InChI=1S/C8H18BN/c1-10-8-6-4-2-3-5-7(8)9/h7-8,10H,2-6,9H2,1H3. The molecule has 0 aromatic carbocycles. The zero-order chi connectivity index (χ0) is 7.40. The second-order valence-electron chi connectivity index (χ2n) is 3.51. The van der Waals surface area contributed by atoms with Crippen molar-refractivity contribution in [1.29, 1.82) is 0 Å². The summed E-state index contributed by atoms with van der Waals surface area (Å²) in [5, 5.41) is 3.39. The molecule has 0 aromatic rings. The molecule has 1 saturated carbocycles. The van der Waals surface area contributed by atoms with Crippen molar-refractivity contribution in [3.05, 3.63) is 0 Å². The molecule has 0 bridgehead atoms. The van der Waals surface area contributed by atoms with Crippen LogP contribution < -0.4 is 5.32 Å². The maximum absolute atomic E-state index is 3.39. The van der Waals surface area contributed by atoms with Gasteiger partial charge in [-0.3, -0.25) is 0 Å². The largest absolute Gasteiger partial charge is 0.317 e. The lowest BCUT2D eigenvalue weighted by atomic mass is 9.78. The van der Waals surface area contributed by atoms with Crippen molar-refractivity contribution < 1.29 is 0 Å². The molecule has 1 nitrogen and oxygen atoms in total. The molecule has 2 unspecified atom stereocenters. The first-order chi connectivity index (χ1) is 4.84. The highest BCUT2D eigenvalue weighted by molar-refractivity contribution is 6.12. The van der Waals surface area contributed by atoms with Crippen LogP contribution in [0.25, 0.3) is 0 Å². The minimum atomic E-state index is 0.794. The van der Waals surface area contributed by atoms with Crippen LogP contribution in [-0.4, -0.2) is 20.9 Å². The first-order valence-corrected chi connectivity index (χ1v) is 4.52. The van der Waals surface area contributed by atoms with Crippen molar-refractivity contribution in [2.75, 3.05) is 7.05 Å². The van der Waals surface area contributed by atoms with Crippen LogP contribution in [-0.2, 0) is 0 Å². The Bertz CT molecular complexity index is 95.3. The summed E-state index contributed by atoms with van der Waals surface area (Å²) in [7, 11) is 4.46. The van der Waals surface area contributed by atoms with Gasteiger partial charge >= 0.3 is 0 Å². The summed E-state index contributed by atoms with van der Waals surface area (Å²) in [4.78, 5) is 0. The highest BCUT2D eigenvalue weighted by Gasteiger charge is 2.16. The Morgan fingerprint density at radius 3 is 2.60 bits per heavy atom. The Balaban J connectivity index is 2.35. The zero-order valence-corrected chi connectivity index (χ0v) is 7.19. The molecule has 0 heterocycles. The fourth-order valence-corrected chi connectivity index (χ4v) is 1.92. The number of hydrogen-bond acceptors (Lipinski definition) is 1. The lowest BCUT2D eigenvalue weighted by molar-refractivity contribution is 0.499. The molecule has 2 heteroatoms. The van der Waals surface area contributed by atoms with E-state index >= 15 is 0 Å². The van der Waals surface area contributed by atoms with Gasteiger partial charge in [0.2, 0.25) is 0 Å². The number of nitrogens with one attached hydrogen (secondary N) is 1. The summed E-state index contributed by atoms with van der Waals surface area (Å²) in [5.74, 6) is 0.896. The first kappa shape index (κ1) is 8.12. The minimum Gasteiger partial charge on any atom is -0.317 e. The topological polar surface area (TPSA) is 12.0 Å². The predicted molar refractivity (Wildman–Crippen MR) is 48.2 cm³/mol. The van der Waals surface area contributed by atoms with Crippen LogP contribution in [0.4, 0.5) is 0 Å². The molecule has 0 spiro atoms. The molecule has 0 aliphatic heterocycles. The summed E-state index contributed by atoms with van der Waals surface area (Å²) in [6.45, 7) is 0. The quantitative estimate of drug-likeness (QED) is 0.421. The molecule has 0 radical (unpaired) electrons. The number of rotatable bonds is 1. The van der Waals surface area contributed by atoms with Crippen LogP contribution in [0.3, 0.4) is 0 Å². The Kier molecular flexibility index (Phi) is 3.27. The Labute approximate surface area is 65.0 Å². The van der Waals surface area contributed by atoms with Gasteiger partial charge in [-0.05, 0) is 13.5 Å². The highest BCUT2D eigenvalue weighted by atomic mass is 14.9. The molecular weight excluding hydrogens is 121 g/mol. The van der Waals surface area contributed by atoms with E-state index in [0.717, 1.165) is 11.9 Å². The second-order valence-corrected chi connectivity index (χ2v) is 3.51. The lowest BCUT2D eigenvalue weighted by Crippen LogP contribution is -2.29. The lowest BCUT2D eigenvalue weighted by Gasteiger charge is -2.19. The maximum Gasteiger partial charge on any atom is 0.107 e. The van der Waals surface area contributed by atoms with Crippen molar-refractivity contribution in [3.63, 3.8) is 0 Å². The van der Waals surface area contributed by atoms with Crippen LogP contribution in [0.2, 0.25) is 5.82 Å². The monoisotopic (exact) mass is 139 g/mol. The Morgan fingerprint density at radius 1 is 1.20 bits per heavy atom. The molecule has 0 amide bonds. The summed E-state index contributed by atoms with van der Waals surface area (Å²) in [6.07, 6.45) is 7.13. The van der Waals surface area contributed by atoms with E-state index in [4.69, 9.17) is 0 Å². The molecular formula is C8H18BN. The van der Waals surface area contributed by atoms with Gasteiger partial charge in [0.15, 0.2) is 0 Å². The summed E-state index contributed by atoms with van der Waals surface area (Å²) in [6, 6.07) is 0.794. The van der Waals surface area contributed by atoms with Gasteiger partial charge in [-0.1, -0.05) is 31.5 Å². The van der Waals surface area contributed by atoms with Crippen LogP contribution in [0.1, 0.15) is 32.1 Å². The van der Waals surface area contributed by atoms with Crippen molar-refractivity contribution in [2.24, 2.45) is 0 Å². The fraction of sp³-hybridized carbons (Fsp3) is 1.00. The van der Waals surface area contributed by atoms with Crippen molar-refractivity contribution in [1.82, 2.24) is 5.32 Å². The van der Waals surface area contributed by atoms with Gasteiger partial charge in [-0.25, -0.2) is 0 Å². The average Bonchev–Trinajstić information content (AvgIpc) is 2.13. The third-order valence-electron chi connectivity index (χ3n) is 2.73. The molecule has 10 heavy (non-hydrogen) atoms. The summed E-state index contributed by atoms with van der Waals surface area (Å²) < 4.78 is 0. The van der Waals surface area contributed by atoms with Crippen LogP contribution in [0.5, 0.6) is 0 Å². The van der Waals surface area contributed by atoms with E-state index in [1.807, 2.05) is 0 Å². The van der Waals surface area contributed by atoms with E-state index in [1.165, 1.54) is 32.1 Å². The third-order valence-corrected chi connectivity index (χ3v) is 2.73. The third kappa shape index (κ3) is 2.01. The molecule has 1 aliphatic carbocycles. The van der Waals surface area contributed by atoms with Gasteiger partial charge in [-0.15, -0.1) is 0 Å². The predicted octanol–water partition coefficient (Wildman–Crippen LogP) is 0.960. The fourth-order valence-electron chi connectivity index (χ4n) is 1.92. The first-order valence-electron chi connectivity index (χ1n) is 4.52. The molecule has 2 atom stereocenters. The van der Waals surface area contributed by atoms with Crippen molar-refractivity contribution in [2.45, 2.75) is 44.0 Å². The minimum absolute atomic E-state index is 0.794. The summed E-state index contributed by atoms with van der Waals surface area (Å²) in [5.41, 5.74) is 0. The van der Waals surface area contributed by atoms with Crippen molar-refractivity contribution in [3.8, 4) is 0 Å². The van der Waals surface area contributed by atoms with Gasteiger partial charge in [-0.2, -0.15) is 0 Å². The van der Waals surface area contributed by atoms with E-state index in [1.54, 1.807) is 0 Å². The molecule has 0 aromatic heterocycles. The zero-order valence-electron chi connectivity index (χ0n) is 7.19. The van der Waals surface area contributed by atoms with Gasteiger partial charge in [0.25, 0.3) is 0 Å². The smallest absolute Gasteiger partial charge is 0.107 e. The van der Waals surface area contributed by atoms with E-state index < -0.39 is 0 Å². The van der Waals surface area contributed by atoms with E-state index in [2.05, 4.69) is 20.2 Å². The van der Waals surface area contributed by atoms with Gasteiger partial charge in [0, 0.05) is 6.04 Å². The number of hydrogen-bond donors (Lipinski definition) is 1. The SMILES string of the molecule is BC1CCCCCC1NC.